The van der Waals surface area contributed by atoms with Crippen molar-refractivity contribution in [3.05, 3.63) is 58.1 Å². The summed E-state index contributed by atoms with van der Waals surface area (Å²) in [6.07, 6.45) is 0.916. The first kappa shape index (κ1) is 17.5. The number of carbonyl (C=O) groups is 1. The molecule has 1 aliphatic rings. The van der Waals surface area contributed by atoms with Crippen LogP contribution in [0.5, 0.6) is 5.75 Å². The highest BCUT2D eigenvalue weighted by atomic mass is 35.5. The maximum Gasteiger partial charge on any atom is 0.238 e. The molecule has 1 heterocycles. The molecule has 3 nitrogen and oxygen atoms in total. The first-order valence-corrected chi connectivity index (χ1v) is 9.52. The van der Waals surface area contributed by atoms with Crippen LogP contribution in [0.4, 0.5) is 5.69 Å². The van der Waals surface area contributed by atoms with Crippen LogP contribution in [0.15, 0.2) is 42.5 Å². The molecule has 3 rings (SSSR count). The second kappa shape index (κ2) is 7.68. The molecular weight excluding hydrogens is 365 g/mol. The van der Waals surface area contributed by atoms with E-state index in [-0.39, 0.29) is 11.3 Å². The summed E-state index contributed by atoms with van der Waals surface area (Å²) in [5.41, 5.74) is 1.74. The summed E-state index contributed by atoms with van der Waals surface area (Å²) >= 11 is 13.7. The number of amides is 1. The van der Waals surface area contributed by atoms with E-state index >= 15 is 0 Å². The molecule has 1 aliphatic heterocycles. The third kappa shape index (κ3) is 3.66. The van der Waals surface area contributed by atoms with Crippen LogP contribution in [-0.4, -0.2) is 18.3 Å². The molecule has 0 aliphatic carbocycles. The van der Waals surface area contributed by atoms with Gasteiger partial charge in [0.25, 0.3) is 0 Å². The molecule has 0 spiro atoms. The lowest BCUT2D eigenvalue weighted by molar-refractivity contribution is -0.115. The minimum absolute atomic E-state index is 0.0636. The molecule has 2 aromatic carbocycles. The van der Waals surface area contributed by atoms with Crippen molar-refractivity contribution in [3.8, 4) is 5.75 Å². The van der Waals surface area contributed by atoms with E-state index in [9.17, 15) is 4.79 Å². The minimum Gasteiger partial charge on any atom is -0.493 e. The number of hydrogen-bond acceptors (Lipinski definition) is 3. The van der Waals surface area contributed by atoms with Crippen molar-refractivity contribution >= 4 is 46.6 Å². The van der Waals surface area contributed by atoms with Crippen molar-refractivity contribution in [2.45, 2.75) is 18.7 Å². The van der Waals surface area contributed by atoms with Crippen LogP contribution in [0.1, 0.15) is 24.3 Å². The van der Waals surface area contributed by atoms with Gasteiger partial charge in [0.1, 0.15) is 11.1 Å². The number of benzene rings is 2. The Bertz CT molecular complexity index is 736. The normalized spacial score (nSPS) is 17.4. The van der Waals surface area contributed by atoms with Crippen LogP contribution >= 0.6 is 35.0 Å². The number of thioether (sulfide) groups is 1. The van der Waals surface area contributed by atoms with Crippen LogP contribution in [0.2, 0.25) is 10.0 Å². The third-order valence-corrected chi connectivity index (χ3v) is 5.35. The summed E-state index contributed by atoms with van der Waals surface area (Å²) in [6, 6.07) is 12.9. The predicted octanol–water partition coefficient (Wildman–Crippen LogP) is 5.56. The maximum absolute atomic E-state index is 12.5. The van der Waals surface area contributed by atoms with Gasteiger partial charge in [-0.05, 0) is 48.9 Å². The van der Waals surface area contributed by atoms with Crippen LogP contribution < -0.4 is 9.64 Å². The molecule has 1 atom stereocenters. The van der Waals surface area contributed by atoms with Gasteiger partial charge in [0, 0.05) is 21.3 Å². The molecule has 0 radical (unpaired) electrons. The van der Waals surface area contributed by atoms with E-state index in [4.69, 9.17) is 27.9 Å². The average Bonchev–Trinajstić information content (AvgIpc) is 2.96. The molecular formula is C18H17Cl2NO2S. The van der Waals surface area contributed by atoms with Crippen molar-refractivity contribution in [1.82, 2.24) is 0 Å². The summed E-state index contributed by atoms with van der Waals surface area (Å²) in [6.45, 7) is 2.68. The highest BCUT2D eigenvalue weighted by Gasteiger charge is 2.35. The van der Waals surface area contributed by atoms with Crippen molar-refractivity contribution < 1.29 is 9.53 Å². The van der Waals surface area contributed by atoms with E-state index in [0.29, 0.717) is 22.4 Å². The van der Waals surface area contributed by atoms with Gasteiger partial charge in [-0.3, -0.25) is 9.69 Å². The zero-order chi connectivity index (χ0) is 17.1. The maximum atomic E-state index is 12.5. The molecule has 6 heteroatoms. The number of halogens is 2. The van der Waals surface area contributed by atoms with Gasteiger partial charge in [-0.1, -0.05) is 30.1 Å². The molecule has 0 aromatic heterocycles. The van der Waals surface area contributed by atoms with E-state index in [0.717, 1.165) is 23.4 Å². The molecule has 2 aromatic rings. The first-order chi connectivity index (χ1) is 11.6. The fraction of sp³-hybridized carbons (Fsp3) is 0.278. The Morgan fingerprint density at radius 3 is 2.58 bits per heavy atom. The van der Waals surface area contributed by atoms with Crippen LogP contribution in [0.3, 0.4) is 0 Å². The van der Waals surface area contributed by atoms with Crippen molar-refractivity contribution in [3.63, 3.8) is 0 Å². The SMILES string of the molecule is CCCOc1ccc(Cl)cc1[C@@H]1SCC(=O)N1c1ccc(Cl)cc1. The van der Waals surface area contributed by atoms with E-state index in [2.05, 4.69) is 6.92 Å². The molecule has 1 fully saturated rings. The van der Waals surface area contributed by atoms with Crippen molar-refractivity contribution in [2.24, 2.45) is 0 Å². The summed E-state index contributed by atoms with van der Waals surface area (Å²) in [5, 5.41) is 1.11. The molecule has 24 heavy (non-hydrogen) atoms. The Labute approximate surface area is 155 Å². The predicted molar refractivity (Wildman–Crippen MR) is 101 cm³/mol. The molecule has 0 saturated carbocycles. The quantitative estimate of drug-likeness (QED) is 0.678. The Balaban J connectivity index is 1.99. The Hall–Kier alpha value is -1.36. The molecule has 0 N–H and O–H groups in total. The second-order valence-corrected chi connectivity index (χ2v) is 7.38. The first-order valence-electron chi connectivity index (χ1n) is 7.71. The van der Waals surface area contributed by atoms with E-state index in [1.807, 2.05) is 30.3 Å². The van der Waals surface area contributed by atoms with E-state index in [1.165, 1.54) is 0 Å². The zero-order valence-corrected chi connectivity index (χ0v) is 15.5. The Morgan fingerprint density at radius 1 is 1.17 bits per heavy atom. The lowest BCUT2D eigenvalue weighted by atomic mass is 10.1. The smallest absolute Gasteiger partial charge is 0.238 e. The largest absolute Gasteiger partial charge is 0.493 e. The van der Waals surface area contributed by atoms with E-state index < -0.39 is 0 Å². The van der Waals surface area contributed by atoms with Gasteiger partial charge in [-0.15, -0.1) is 11.8 Å². The van der Waals surface area contributed by atoms with Crippen molar-refractivity contribution in [2.75, 3.05) is 17.3 Å². The number of ether oxygens (including phenoxy) is 1. The standard InChI is InChI=1S/C18H17Cl2NO2S/c1-2-9-23-16-8-5-13(20)10-15(16)18-21(17(22)11-24-18)14-6-3-12(19)4-7-14/h3-8,10,18H,2,9,11H2,1H3/t18-/m0/s1. The lowest BCUT2D eigenvalue weighted by Crippen LogP contribution is -2.28. The Morgan fingerprint density at radius 2 is 1.88 bits per heavy atom. The summed E-state index contributed by atoms with van der Waals surface area (Å²) in [5.74, 6) is 1.26. The number of anilines is 1. The van der Waals surface area contributed by atoms with Gasteiger partial charge in [0.05, 0.1) is 12.4 Å². The van der Waals surface area contributed by atoms with E-state index in [1.54, 1.807) is 28.8 Å². The second-order valence-electron chi connectivity index (χ2n) is 5.43. The number of carbonyl (C=O) groups excluding carboxylic acids is 1. The average molecular weight is 382 g/mol. The molecule has 1 amide bonds. The minimum atomic E-state index is -0.163. The molecule has 1 saturated heterocycles. The number of hydrogen-bond donors (Lipinski definition) is 0. The highest BCUT2D eigenvalue weighted by Crippen LogP contribution is 2.45. The monoisotopic (exact) mass is 381 g/mol. The number of nitrogens with zero attached hydrogens (tertiary/aromatic N) is 1. The summed E-state index contributed by atoms with van der Waals surface area (Å²) in [7, 11) is 0. The Kier molecular flexibility index (Phi) is 5.59. The van der Waals surface area contributed by atoms with Crippen LogP contribution in [0.25, 0.3) is 0 Å². The molecule has 0 unspecified atom stereocenters. The van der Waals surface area contributed by atoms with Gasteiger partial charge >= 0.3 is 0 Å². The molecule has 126 valence electrons. The zero-order valence-electron chi connectivity index (χ0n) is 13.2. The summed E-state index contributed by atoms with van der Waals surface area (Å²) < 4.78 is 5.86. The number of rotatable bonds is 5. The van der Waals surface area contributed by atoms with Gasteiger partial charge in [0.2, 0.25) is 5.91 Å². The molecule has 0 bridgehead atoms. The van der Waals surface area contributed by atoms with Crippen LogP contribution in [-0.2, 0) is 4.79 Å². The van der Waals surface area contributed by atoms with Gasteiger partial charge in [-0.2, -0.15) is 0 Å². The van der Waals surface area contributed by atoms with Crippen LogP contribution in [0, 0.1) is 0 Å². The van der Waals surface area contributed by atoms with Gasteiger partial charge in [-0.25, -0.2) is 0 Å². The summed E-state index contributed by atoms with van der Waals surface area (Å²) in [4.78, 5) is 14.2. The van der Waals surface area contributed by atoms with Gasteiger partial charge < -0.3 is 4.74 Å². The third-order valence-electron chi connectivity index (χ3n) is 3.67. The highest BCUT2D eigenvalue weighted by molar-refractivity contribution is 8.00. The van der Waals surface area contributed by atoms with Crippen molar-refractivity contribution in [1.29, 1.82) is 0 Å². The fourth-order valence-electron chi connectivity index (χ4n) is 2.59. The topological polar surface area (TPSA) is 29.5 Å². The lowest BCUT2D eigenvalue weighted by Gasteiger charge is -2.26. The fourth-order valence-corrected chi connectivity index (χ4v) is 4.09. The van der Waals surface area contributed by atoms with Gasteiger partial charge in [0.15, 0.2) is 0 Å².